The van der Waals surface area contributed by atoms with Crippen molar-refractivity contribution in [2.24, 2.45) is 15.4 Å². The van der Waals surface area contributed by atoms with Crippen molar-refractivity contribution in [2.75, 3.05) is 0 Å². The fraction of sp³-hybridized carbons (Fsp3) is 0.238. The van der Waals surface area contributed by atoms with Crippen LogP contribution in [0.1, 0.15) is 32.8 Å². The van der Waals surface area contributed by atoms with E-state index < -0.39 is 0 Å². The Labute approximate surface area is 139 Å². The van der Waals surface area contributed by atoms with Crippen LogP contribution in [0.2, 0.25) is 0 Å². The topological polar surface area (TPSA) is 24.7 Å². The Morgan fingerprint density at radius 2 is 1.96 bits per heavy atom. The van der Waals surface area contributed by atoms with Crippen molar-refractivity contribution in [3.63, 3.8) is 0 Å². The van der Waals surface area contributed by atoms with Gasteiger partial charge in [-0.2, -0.15) is 0 Å². The second-order valence-corrected chi connectivity index (χ2v) is 5.71. The highest BCUT2D eigenvalue weighted by molar-refractivity contribution is 5.99. The third-order valence-electron chi connectivity index (χ3n) is 3.89. The number of hydrogen-bond donors (Lipinski definition) is 0. The van der Waals surface area contributed by atoms with Gasteiger partial charge in [0.15, 0.2) is 0 Å². The van der Waals surface area contributed by atoms with Gasteiger partial charge in [-0.05, 0) is 31.4 Å². The molecule has 0 saturated heterocycles. The molecule has 0 aliphatic heterocycles. The van der Waals surface area contributed by atoms with Gasteiger partial charge in [0.1, 0.15) is 5.84 Å². The fourth-order valence-electron chi connectivity index (χ4n) is 2.38. The van der Waals surface area contributed by atoms with Gasteiger partial charge >= 0.3 is 0 Å². The molecular formula is C21H24N2. The molecule has 118 valence electrons. The zero-order chi connectivity index (χ0) is 16.7. The monoisotopic (exact) mass is 304 g/mol. The van der Waals surface area contributed by atoms with Crippen LogP contribution in [0.25, 0.3) is 5.70 Å². The van der Waals surface area contributed by atoms with Crippen molar-refractivity contribution in [3.8, 4) is 0 Å². The second kappa shape index (κ2) is 7.68. The van der Waals surface area contributed by atoms with E-state index in [0.29, 0.717) is 0 Å². The highest BCUT2D eigenvalue weighted by Crippen LogP contribution is 2.29. The van der Waals surface area contributed by atoms with Gasteiger partial charge in [-0.15, -0.1) is 0 Å². The van der Waals surface area contributed by atoms with Gasteiger partial charge in [0.2, 0.25) is 0 Å². The number of rotatable bonds is 4. The number of aliphatic imine (C=N–C) groups is 2. The molecule has 0 aromatic heterocycles. The largest absolute Gasteiger partial charge is 0.245 e. The molecule has 1 aromatic carbocycles. The Kier molecular flexibility index (Phi) is 5.64. The van der Waals surface area contributed by atoms with Gasteiger partial charge in [-0.1, -0.05) is 74.2 Å². The Bertz CT molecular complexity index is 703. The third-order valence-corrected chi connectivity index (χ3v) is 3.89. The van der Waals surface area contributed by atoms with Crippen LogP contribution in [-0.2, 0) is 0 Å². The van der Waals surface area contributed by atoms with Crippen LogP contribution in [0.15, 0.2) is 82.8 Å². The van der Waals surface area contributed by atoms with Gasteiger partial charge in [-0.3, -0.25) is 0 Å². The molecule has 0 heterocycles. The Morgan fingerprint density at radius 1 is 1.22 bits per heavy atom. The van der Waals surface area contributed by atoms with E-state index in [1.807, 2.05) is 37.3 Å². The quantitative estimate of drug-likeness (QED) is 0.510. The molecule has 0 bridgehead atoms. The van der Waals surface area contributed by atoms with E-state index in [4.69, 9.17) is 4.99 Å². The van der Waals surface area contributed by atoms with E-state index >= 15 is 0 Å². The number of allylic oxidation sites excluding steroid dienone is 4. The van der Waals surface area contributed by atoms with Crippen molar-refractivity contribution in [2.45, 2.75) is 27.2 Å². The molecule has 0 radical (unpaired) electrons. The van der Waals surface area contributed by atoms with E-state index in [1.54, 1.807) is 6.21 Å². The van der Waals surface area contributed by atoms with E-state index in [-0.39, 0.29) is 5.41 Å². The summed E-state index contributed by atoms with van der Waals surface area (Å²) in [6, 6.07) is 9.99. The lowest BCUT2D eigenvalue weighted by atomic mass is 9.88. The smallest absolute Gasteiger partial charge is 0.141 e. The minimum absolute atomic E-state index is 0.350. The first-order valence-electron chi connectivity index (χ1n) is 7.99. The first-order valence-corrected chi connectivity index (χ1v) is 7.99. The molecule has 0 saturated carbocycles. The van der Waals surface area contributed by atoms with Gasteiger partial charge in [-0.25, -0.2) is 9.98 Å². The highest BCUT2D eigenvalue weighted by atomic mass is 14.9. The predicted octanol–water partition coefficient (Wildman–Crippen LogP) is 5.62. The minimum atomic E-state index is -0.350. The Morgan fingerprint density at radius 3 is 2.61 bits per heavy atom. The normalized spacial score (nSPS) is 21.3. The first-order chi connectivity index (χ1) is 11.1. The summed E-state index contributed by atoms with van der Waals surface area (Å²) in [6.45, 7) is 10.3. The zero-order valence-corrected chi connectivity index (χ0v) is 14.2. The first kappa shape index (κ1) is 16.9. The molecule has 0 spiro atoms. The maximum absolute atomic E-state index is 4.72. The lowest BCUT2D eigenvalue weighted by Crippen LogP contribution is -2.21. The summed E-state index contributed by atoms with van der Waals surface area (Å²) in [4.78, 5) is 9.24. The Balaban J connectivity index is 2.39. The molecule has 1 aromatic rings. The van der Waals surface area contributed by atoms with Crippen LogP contribution < -0.4 is 0 Å². The van der Waals surface area contributed by atoms with Crippen LogP contribution in [0.4, 0.5) is 0 Å². The predicted molar refractivity (Wildman–Crippen MR) is 102 cm³/mol. The fourth-order valence-corrected chi connectivity index (χ4v) is 2.38. The molecular weight excluding hydrogens is 280 g/mol. The lowest BCUT2D eigenvalue weighted by molar-refractivity contribution is 0.762. The maximum Gasteiger partial charge on any atom is 0.141 e. The summed E-state index contributed by atoms with van der Waals surface area (Å²) in [6.07, 6.45) is 13.5. The highest BCUT2D eigenvalue weighted by Gasteiger charge is 2.25. The van der Waals surface area contributed by atoms with Crippen LogP contribution in [0.5, 0.6) is 0 Å². The van der Waals surface area contributed by atoms with Crippen LogP contribution in [-0.4, -0.2) is 12.1 Å². The van der Waals surface area contributed by atoms with Crippen molar-refractivity contribution < 1.29 is 0 Å². The molecule has 1 aliphatic rings. The molecule has 23 heavy (non-hydrogen) atoms. The zero-order valence-electron chi connectivity index (χ0n) is 14.2. The number of benzene rings is 1. The summed E-state index contributed by atoms with van der Waals surface area (Å²) in [7, 11) is 0. The number of amidine groups is 1. The summed E-state index contributed by atoms with van der Waals surface area (Å²) in [5, 5.41) is 0. The van der Waals surface area contributed by atoms with E-state index in [2.05, 4.69) is 55.8 Å². The minimum Gasteiger partial charge on any atom is -0.245 e. The molecule has 2 rings (SSSR count). The molecule has 2 nitrogen and oxygen atoms in total. The summed E-state index contributed by atoms with van der Waals surface area (Å²) < 4.78 is 0. The van der Waals surface area contributed by atoms with Crippen molar-refractivity contribution in [1.29, 1.82) is 0 Å². The van der Waals surface area contributed by atoms with Gasteiger partial charge in [0.05, 0.1) is 11.1 Å². The van der Waals surface area contributed by atoms with E-state index in [0.717, 1.165) is 23.5 Å². The standard InChI is InChI=1S/C21H24N2/c1-5-18-11-10-15-21(4,16-14-18)20(22-6-2)23-17(3)19-12-8-7-9-13-19/h6-16H,3,5H2,1-2,4H3/b22-6-,23-20-. The third kappa shape index (κ3) is 4.26. The van der Waals surface area contributed by atoms with Crippen LogP contribution >= 0.6 is 0 Å². The molecule has 0 fully saturated rings. The second-order valence-electron chi connectivity index (χ2n) is 5.71. The van der Waals surface area contributed by atoms with Gasteiger partial charge in [0, 0.05) is 6.21 Å². The van der Waals surface area contributed by atoms with Crippen molar-refractivity contribution in [1.82, 2.24) is 0 Å². The van der Waals surface area contributed by atoms with Crippen molar-refractivity contribution in [3.05, 3.63) is 78.4 Å². The van der Waals surface area contributed by atoms with E-state index in [1.165, 1.54) is 5.57 Å². The average Bonchev–Trinajstić information content (AvgIpc) is 2.77. The van der Waals surface area contributed by atoms with Crippen LogP contribution in [0.3, 0.4) is 0 Å². The maximum atomic E-state index is 4.72. The van der Waals surface area contributed by atoms with Crippen molar-refractivity contribution >= 4 is 17.7 Å². The lowest BCUT2D eigenvalue weighted by Gasteiger charge is -2.21. The Hall–Kier alpha value is -2.48. The van der Waals surface area contributed by atoms with E-state index in [9.17, 15) is 0 Å². The molecule has 2 heteroatoms. The summed E-state index contributed by atoms with van der Waals surface area (Å²) in [5.41, 5.74) is 2.68. The molecule has 1 atom stereocenters. The summed E-state index contributed by atoms with van der Waals surface area (Å²) in [5.74, 6) is 0.743. The number of nitrogens with zero attached hydrogens (tertiary/aromatic N) is 2. The summed E-state index contributed by atoms with van der Waals surface area (Å²) >= 11 is 0. The van der Waals surface area contributed by atoms with Gasteiger partial charge in [0.25, 0.3) is 0 Å². The molecule has 0 N–H and O–H groups in total. The molecule has 0 amide bonds. The average molecular weight is 304 g/mol. The van der Waals surface area contributed by atoms with Gasteiger partial charge < -0.3 is 0 Å². The molecule has 1 aliphatic carbocycles. The SMILES string of the molecule is C=C(/N=C(\N=C/C)C1(C)C=CC=C(CC)C=C1)c1ccccc1. The molecule has 1 unspecified atom stereocenters. The number of hydrogen-bond acceptors (Lipinski definition) is 1. The van der Waals surface area contributed by atoms with Crippen LogP contribution in [0, 0.1) is 5.41 Å².